The zero-order valence-corrected chi connectivity index (χ0v) is 11.4. The number of para-hydroxylation sites is 1. The molecule has 1 aromatic heterocycles. The lowest BCUT2D eigenvalue weighted by Gasteiger charge is -1.97. The number of hydrogen-bond acceptors (Lipinski definition) is 2. The zero-order chi connectivity index (χ0) is 14.5. The van der Waals surface area contributed by atoms with Gasteiger partial charge in [0.1, 0.15) is 5.82 Å². The lowest BCUT2D eigenvalue weighted by atomic mass is 10.2. The van der Waals surface area contributed by atoms with Crippen molar-refractivity contribution in [1.82, 2.24) is 9.97 Å². The fourth-order valence-electron chi connectivity index (χ4n) is 2.06. The van der Waals surface area contributed by atoms with E-state index < -0.39 is 0 Å². The summed E-state index contributed by atoms with van der Waals surface area (Å²) in [4.78, 5) is 19.1. The molecule has 2 aromatic carbocycles. The van der Waals surface area contributed by atoms with Crippen LogP contribution in [0.3, 0.4) is 0 Å². The van der Waals surface area contributed by atoms with Gasteiger partial charge in [0.25, 0.3) is 5.56 Å². The third-order valence-corrected chi connectivity index (χ3v) is 3.08. The lowest BCUT2D eigenvalue weighted by molar-refractivity contribution is 1.14. The summed E-state index contributed by atoms with van der Waals surface area (Å²) in [5.74, 6) is 0.552. The molecule has 0 bridgehead atoms. The molecule has 0 spiro atoms. The fourth-order valence-corrected chi connectivity index (χ4v) is 2.06. The molecule has 0 radical (unpaired) electrons. The number of H-pyrrole nitrogens is 1. The summed E-state index contributed by atoms with van der Waals surface area (Å²) in [6.07, 6.45) is 7.56. The van der Waals surface area contributed by atoms with Gasteiger partial charge in [-0.2, -0.15) is 0 Å². The number of allylic oxidation sites excluding steroid dienone is 2. The second-order valence-corrected chi connectivity index (χ2v) is 4.60. The van der Waals surface area contributed by atoms with Crippen molar-refractivity contribution < 1.29 is 0 Å². The largest absolute Gasteiger partial charge is 0.306 e. The van der Waals surface area contributed by atoms with E-state index in [1.54, 1.807) is 12.1 Å². The van der Waals surface area contributed by atoms with Crippen LogP contribution < -0.4 is 5.56 Å². The van der Waals surface area contributed by atoms with Crippen molar-refractivity contribution in [3.63, 3.8) is 0 Å². The summed E-state index contributed by atoms with van der Waals surface area (Å²) >= 11 is 0. The highest BCUT2D eigenvalue weighted by atomic mass is 16.1. The number of aromatic nitrogens is 2. The van der Waals surface area contributed by atoms with Crippen molar-refractivity contribution in [2.75, 3.05) is 0 Å². The molecule has 0 fully saturated rings. The lowest BCUT2D eigenvalue weighted by Crippen LogP contribution is -2.09. The van der Waals surface area contributed by atoms with Gasteiger partial charge in [0.05, 0.1) is 10.9 Å². The van der Waals surface area contributed by atoms with Crippen LogP contribution in [-0.2, 0) is 0 Å². The van der Waals surface area contributed by atoms with Crippen LogP contribution in [0.15, 0.2) is 71.5 Å². The Morgan fingerprint density at radius 1 is 0.857 bits per heavy atom. The molecule has 3 rings (SSSR count). The number of hydrogen-bond donors (Lipinski definition) is 1. The van der Waals surface area contributed by atoms with Gasteiger partial charge < -0.3 is 4.98 Å². The Labute approximate surface area is 122 Å². The van der Waals surface area contributed by atoms with E-state index in [9.17, 15) is 4.79 Å². The minimum absolute atomic E-state index is 0.118. The van der Waals surface area contributed by atoms with Crippen molar-refractivity contribution >= 4 is 23.1 Å². The molecule has 3 nitrogen and oxygen atoms in total. The Morgan fingerprint density at radius 2 is 1.57 bits per heavy atom. The van der Waals surface area contributed by atoms with E-state index >= 15 is 0 Å². The molecule has 0 saturated carbocycles. The molecule has 3 heteroatoms. The highest BCUT2D eigenvalue weighted by Crippen LogP contribution is 2.06. The van der Waals surface area contributed by atoms with Gasteiger partial charge in [0.15, 0.2) is 0 Å². The maximum absolute atomic E-state index is 11.9. The second kappa shape index (κ2) is 6.01. The Balaban J connectivity index is 1.83. The zero-order valence-electron chi connectivity index (χ0n) is 11.4. The summed E-state index contributed by atoms with van der Waals surface area (Å²) in [5.41, 5.74) is 1.71. The van der Waals surface area contributed by atoms with E-state index in [2.05, 4.69) is 9.97 Å². The maximum Gasteiger partial charge on any atom is 0.259 e. The molecule has 0 unspecified atom stereocenters. The number of nitrogens with one attached hydrogen (secondary N) is 1. The first kappa shape index (κ1) is 13.1. The maximum atomic E-state index is 11.9. The first-order chi connectivity index (χ1) is 10.3. The van der Waals surface area contributed by atoms with E-state index in [0.717, 1.165) is 5.56 Å². The molecule has 0 aliphatic carbocycles. The monoisotopic (exact) mass is 274 g/mol. The van der Waals surface area contributed by atoms with Crippen molar-refractivity contribution in [2.24, 2.45) is 0 Å². The van der Waals surface area contributed by atoms with Crippen molar-refractivity contribution in [2.45, 2.75) is 0 Å². The predicted octanol–water partition coefficient (Wildman–Crippen LogP) is 3.65. The van der Waals surface area contributed by atoms with Gasteiger partial charge in [-0.15, -0.1) is 0 Å². The number of nitrogens with zero attached hydrogens (tertiary/aromatic N) is 1. The van der Waals surface area contributed by atoms with Gasteiger partial charge in [-0.1, -0.05) is 60.7 Å². The molecule has 102 valence electrons. The summed E-state index contributed by atoms with van der Waals surface area (Å²) in [6, 6.07) is 17.3. The summed E-state index contributed by atoms with van der Waals surface area (Å²) < 4.78 is 0. The van der Waals surface area contributed by atoms with Gasteiger partial charge in [-0.05, 0) is 23.8 Å². The smallest absolute Gasteiger partial charge is 0.259 e. The normalized spacial score (nSPS) is 11.6. The Hall–Kier alpha value is -2.94. The predicted molar refractivity (Wildman–Crippen MR) is 86.9 cm³/mol. The van der Waals surface area contributed by atoms with Crippen LogP contribution in [0.25, 0.3) is 23.1 Å². The Morgan fingerprint density at radius 3 is 2.43 bits per heavy atom. The molecule has 21 heavy (non-hydrogen) atoms. The number of aromatic amines is 1. The van der Waals surface area contributed by atoms with Crippen LogP contribution in [0.5, 0.6) is 0 Å². The van der Waals surface area contributed by atoms with Crippen molar-refractivity contribution in [3.05, 3.63) is 88.5 Å². The van der Waals surface area contributed by atoms with Crippen LogP contribution >= 0.6 is 0 Å². The molecular formula is C18H14N2O. The van der Waals surface area contributed by atoms with E-state index in [4.69, 9.17) is 0 Å². The van der Waals surface area contributed by atoms with Crippen LogP contribution in [-0.4, -0.2) is 9.97 Å². The Kier molecular flexibility index (Phi) is 3.74. The van der Waals surface area contributed by atoms with Gasteiger partial charge in [0.2, 0.25) is 0 Å². The first-order valence-corrected chi connectivity index (χ1v) is 6.72. The van der Waals surface area contributed by atoms with Crippen molar-refractivity contribution in [3.8, 4) is 0 Å². The first-order valence-electron chi connectivity index (χ1n) is 6.72. The number of rotatable bonds is 3. The van der Waals surface area contributed by atoms with Gasteiger partial charge in [-0.25, -0.2) is 4.98 Å². The SMILES string of the molecule is O=c1[nH]c(/C=C/C=C/c2ccccc2)nc2ccccc12. The molecule has 0 atom stereocenters. The Bertz CT molecular complexity index is 861. The fraction of sp³-hybridized carbons (Fsp3) is 0. The van der Waals surface area contributed by atoms with Gasteiger partial charge >= 0.3 is 0 Å². The molecule has 0 aliphatic rings. The minimum Gasteiger partial charge on any atom is -0.306 e. The third-order valence-electron chi connectivity index (χ3n) is 3.08. The quantitative estimate of drug-likeness (QED) is 0.741. The molecule has 0 amide bonds. The topological polar surface area (TPSA) is 45.8 Å². The van der Waals surface area contributed by atoms with Gasteiger partial charge in [0, 0.05) is 0 Å². The van der Waals surface area contributed by atoms with Gasteiger partial charge in [-0.3, -0.25) is 4.79 Å². The molecule has 3 aromatic rings. The number of fused-ring (bicyclic) bond motifs is 1. The minimum atomic E-state index is -0.118. The van der Waals surface area contributed by atoms with E-state index in [1.165, 1.54) is 0 Å². The average Bonchev–Trinajstić information content (AvgIpc) is 2.53. The van der Waals surface area contributed by atoms with Crippen LogP contribution in [0.4, 0.5) is 0 Å². The summed E-state index contributed by atoms with van der Waals surface area (Å²) in [6.45, 7) is 0. The van der Waals surface area contributed by atoms with Crippen molar-refractivity contribution in [1.29, 1.82) is 0 Å². The van der Waals surface area contributed by atoms with E-state index in [-0.39, 0.29) is 5.56 Å². The molecule has 0 saturated heterocycles. The molecule has 0 aliphatic heterocycles. The highest BCUT2D eigenvalue weighted by Gasteiger charge is 1.99. The van der Waals surface area contributed by atoms with E-state index in [0.29, 0.717) is 16.7 Å². The summed E-state index contributed by atoms with van der Waals surface area (Å²) in [7, 11) is 0. The molecular weight excluding hydrogens is 260 g/mol. The van der Waals surface area contributed by atoms with Crippen LogP contribution in [0, 0.1) is 0 Å². The average molecular weight is 274 g/mol. The molecule has 1 heterocycles. The second-order valence-electron chi connectivity index (χ2n) is 4.60. The third kappa shape index (κ3) is 3.15. The summed E-state index contributed by atoms with van der Waals surface area (Å²) in [5, 5.41) is 0.606. The van der Waals surface area contributed by atoms with Crippen LogP contribution in [0.1, 0.15) is 11.4 Å². The van der Waals surface area contributed by atoms with E-state index in [1.807, 2.05) is 66.8 Å². The standard InChI is InChI=1S/C18H14N2O/c21-18-15-11-5-6-12-16(15)19-17(20-18)13-7-4-10-14-8-2-1-3-9-14/h1-13H,(H,19,20,21)/b10-4+,13-7+. The highest BCUT2D eigenvalue weighted by molar-refractivity contribution is 5.77. The number of benzene rings is 2. The molecule has 1 N–H and O–H groups in total. The van der Waals surface area contributed by atoms with Crippen LogP contribution in [0.2, 0.25) is 0 Å².